The van der Waals surface area contributed by atoms with Crippen molar-refractivity contribution in [3.63, 3.8) is 0 Å². The predicted molar refractivity (Wildman–Crippen MR) is 91.6 cm³/mol. The summed E-state index contributed by atoms with van der Waals surface area (Å²) in [6.07, 6.45) is 2.31. The molecule has 2 nitrogen and oxygen atoms in total. The van der Waals surface area contributed by atoms with Crippen molar-refractivity contribution < 1.29 is 8.42 Å². The monoisotopic (exact) mass is 314 g/mol. The van der Waals surface area contributed by atoms with Crippen LogP contribution in [0.5, 0.6) is 0 Å². The molecule has 0 bridgehead atoms. The minimum atomic E-state index is -3.37. The molecule has 0 spiro atoms. The second kappa shape index (κ2) is 6.49. The zero-order chi connectivity index (χ0) is 16.2. The lowest BCUT2D eigenvalue weighted by Crippen LogP contribution is -2.11. The van der Waals surface area contributed by atoms with E-state index < -0.39 is 9.84 Å². The largest absolute Gasteiger partial charge is 0.219 e. The topological polar surface area (TPSA) is 34.1 Å². The van der Waals surface area contributed by atoms with Gasteiger partial charge in [-0.1, -0.05) is 69.3 Å². The SMILES string of the molecule is CC(C)(C)c1ccc(S(=O)(=O)C=CCc2ccccc2)cc1. The third kappa shape index (κ3) is 4.31. The molecule has 0 aliphatic heterocycles. The number of sulfone groups is 1. The molecule has 0 aliphatic rings. The van der Waals surface area contributed by atoms with Crippen molar-refractivity contribution in [2.45, 2.75) is 37.5 Å². The summed E-state index contributed by atoms with van der Waals surface area (Å²) in [6, 6.07) is 16.9. The Balaban J connectivity index is 2.13. The molecule has 2 aromatic rings. The Kier molecular flexibility index (Phi) is 4.87. The van der Waals surface area contributed by atoms with Crippen molar-refractivity contribution in [3.8, 4) is 0 Å². The van der Waals surface area contributed by atoms with Gasteiger partial charge >= 0.3 is 0 Å². The minimum Gasteiger partial charge on any atom is -0.219 e. The Labute approximate surface area is 133 Å². The van der Waals surface area contributed by atoms with Gasteiger partial charge in [0.15, 0.2) is 9.84 Å². The first-order valence-corrected chi connectivity index (χ1v) is 8.90. The van der Waals surface area contributed by atoms with E-state index in [4.69, 9.17) is 0 Å². The van der Waals surface area contributed by atoms with E-state index in [1.165, 1.54) is 5.41 Å². The van der Waals surface area contributed by atoms with Crippen LogP contribution in [0.25, 0.3) is 0 Å². The van der Waals surface area contributed by atoms with E-state index in [0.717, 1.165) is 11.1 Å². The van der Waals surface area contributed by atoms with E-state index in [1.54, 1.807) is 18.2 Å². The van der Waals surface area contributed by atoms with Gasteiger partial charge in [0.25, 0.3) is 0 Å². The zero-order valence-electron chi connectivity index (χ0n) is 13.3. The lowest BCUT2D eigenvalue weighted by molar-refractivity contribution is 0.588. The Bertz CT molecular complexity index is 734. The van der Waals surface area contributed by atoms with Crippen LogP contribution < -0.4 is 0 Å². The van der Waals surface area contributed by atoms with Crippen LogP contribution in [0.4, 0.5) is 0 Å². The molecule has 0 unspecified atom stereocenters. The average molecular weight is 314 g/mol. The summed E-state index contributed by atoms with van der Waals surface area (Å²) in [5, 5.41) is 1.30. The maximum atomic E-state index is 12.3. The van der Waals surface area contributed by atoms with Crippen LogP contribution in [0.3, 0.4) is 0 Å². The molecule has 2 rings (SSSR count). The highest BCUT2D eigenvalue weighted by atomic mass is 32.2. The molecule has 0 aliphatic carbocycles. The molecule has 22 heavy (non-hydrogen) atoms. The summed E-state index contributed by atoms with van der Waals surface area (Å²) >= 11 is 0. The number of hydrogen-bond donors (Lipinski definition) is 0. The quantitative estimate of drug-likeness (QED) is 0.832. The third-order valence-electron chi connectivity index (χ3n) is 3.52. The fourth-order valence-corrected chi connectivity index (χ4v) is 3.17. The van der Waals surface area contributed by atoms with Crippen LogP contribution in [0.2, 0.25) is 0 Å². The predicted octanol–water partition coefficient (Wildman–Crippen LogP) is 4.51. The second-order valence-electron chi connectivity index (χ2n) is 6.38. The third-order valence-corrected chi connectivity index (χ3v) is 5.00. The van der Waals surface area contributed by atoms with Gasteiger partial charge in [-0.05, 0) is 35.1 Å². The fourth-order valence-electron chi connectivity index (χ4n) is 2.15. The number of allylic oxidation sites excluding steroid dienone is 1. The Morgan fingerprint density at radius 1 is 0.909 bits per heavy atom. The highest BCUT2D eigenvalue weighted by Crippen LogP contribution is 2.24. The van der Waals surface area contributed by atoms with Crippen molar-refractivity contribution in [1.82, 2.24) is 0 Å². The van der Waals surface area contributed by atoms with Crippen LogP contribution in [0.1, 0.15) is 31.9 Å². The average Bonchev–Trinajstić information content (AvgIpc) is 2.47. The van der Waals surface area contributed by atoms with E-state index in [2.05, 4.69) is 20.8 Å². The summed E-state index contributed by atoms with van der Waals surface area (Å²) in [6.45, 7) is 6.32. The first-order chi connectivity index (χ1) is 10.3. The summed E-state index contributed by atoms with van der Waals surface area (Å²) in [5.74, 6) is 0. The van der Waals surface area contributed by atoms with E-state index in [1.807, 2.05) is 42.5 Å². The van der Waals surface area contributed by atoms with E-state index >= 15 is 0 Å². The normalized spacial score (nSPS) is 12.7. The molecule has 0 N–H and O–H groups in total. The van der Waals surface area contributed by atoms with Crippen LogP contribution in [-0.2, 0) is 21.7 Å². The summed E-state index contributed by atoms with van der Waals surface area (Å²) in [4.78, 5) is 0.338. The lowest BCUT2D eigenvalue weighted by atomic mass is 9.87. The molecule has 0 saturated carbocycles. The fraction of sp³-hybridized carbons (Fsp3) is 0.263. The molecule has 116 valence electrons. The van der Waals surface area contributed by atoms with Gasteiger partial charge < -0.3 is 0 Å². The van der Waals surface area contributed by atoms with Crippen molar-refractivity contribution in [2.75, 3.05) is 0 Å². The Morgan fingerprint density at radius 2 is 1.50 bits per heavy atom. The molecular formula is C19H22O2S. The van der Waals surface area contributed by atoms with Crippen molar-refractivity contribution in [2.24, 2.45) is 0 Å². The van der Waals surface area contributed by atoms with E-state index in [9.17, 15) is 8.42 Å². The molecule has 3 heteroatoms. The van der Waals surface area contributed by atoms with Gasteiger partial charge in [-0.15, -0.1) is 0 Å². The second-order valence-corrected chi connectivity index (χ2v) is 8.21. The summed E-state index contributed by atoms with van der Waals surface area (Å²) in [7, 11) is -3.37. The lowest BCUT2D eigenvalue weighted by Gasteiger charge is -2.18. The number of benzene rings is 2. The Morgan fingerprint density at radius 3 is 2.05 bits per heavy atom. The van der Waals surface area contributed by atoms with Crippen molar-refractivity contribution in [1.29, 1.82) is 0 Å². The van der Waals surface area contributed by atoms with Crippen LogP contribution in [0.15, 0.2) is 71.0 Å². The van der Waals surface area contributed by atoms with E-state index in [-0.39, 0.29) is 5.41 Å². The van der Waals surface area contributed by atoms with Gasteiger partial charge in [-0.25, -0.2) is 8.42 Å². The Hall–Kier alpha value is -1.87. The standard InChI is InChI=1S/C19H22O2S/c1-19(2,3)17-11-13-18(14-12-17)22(20,21)15-7-10-16-8-5-4-6-9-16/h4-9,11-15H,10H2,1-3H3. The smallest absolute Gasteiger partial charge is 0.199 e. The van der Waals surface area contributed by atoms with Crippen LogP contribution in [-0.4, -0.2) is 8.42 Å². The van der Waals surface area contributed by atoms with Gasteiger partial charge in [0.05, 0.1) is 4.90 Å². The molecule has 0 amide bonds. The highest BCUT2D eigenvalue weighted by molar-refractivity contribution is 7.94. The van der Waals surface area contributed by atoms with Gasteiger partial charge in [-0.3, -0.25) is 0 Å². The number of hydrogen-bond acceptors (Lipinski definition) is 2. The molecule has 0 saturated heterocycles. The van der Waals surface area contributed by atoms with Crippen molar-refractivity contribution in [3.05, 3.63) is 77.2 Å². The molecule has 0 heterocycles. The minimum absolute atomic E-state index is 0.0193. The number of rotatable bonds is 4. The first kappa shape index (κ1) is 16.5. The van der Waals surface area contributed by atoms with Gasteiger partial charge in [0, 0.05) is 5.41 Å². The molecular weight excluding hydrogens is 292 g/mol. The van der Waals surface area contributed by atoms with Gasteiger partial charge in [-0.2, -0.15) is 0 Å². The molecule has 0 aromatic heterocycles. The van der Waals surface area contributed by atoms with E-state index in [0.29, 0.717) is 11.3 Å². The summed E-state index contributed by atoms with van der Waals surface area (Å²) in [5.41, 5.74) is 2.24. The van der Waals surface area contributed by atoms with Crippen LogP contribution in [0, 0.1) is 0 Å². The molecule has 0 atom stereocenters. The maximum absolute atomic E-state index is 12.3. The molecule has 0 fully saturated rings. The van der Waals surface area contributed by atoms with Crippen molar-refractivity contribution >= 4 is 9.84 Å². The van der Waals surface area contributed by atoms with Gasteiger partial charge in [0.2, 0.25) is 0 Å². The molecule has 0 radical (unpaired) electrons. The first-order valence-electron chi connectivity index (χ1n) is 7.35. The van der Waals surface area contributed by atoms with Gasteiger partial charge in [0.1, 0.15) is 0 Å². The summed E-state index contributed by atoms with van der Waals surface area (Å²) < 4.78 is 24.6. The maximum Gasteiger partial charge on any atom is 0.199 e. The molecule has 2 aromatic carbocycles. The zero-order valence-corrected chi connectivity index (χ0v) is 14.1. The highest BCUT2D eigenvalue weighted by Gasteiger charge is 2.15. The van der Waals surface area contributed by atoms with Crippen LogP contribution >= 0.6 is 0 Å².